The van der Waals surface area contributed by atoms with Crippen LogP contribution in [0.1, 0.15) is 38.8 Å². The van der Waals surface area contributed by atoms with Crippen LogP contribution in [0.3, 0.4) is 0 Å². The topological polar surface area (TPSA) is 24.5 Å². The molecule has 0 spiro atoms. The number of morpholine rings is 1. The molecule has 1 fully saturated rings. The molecule has 0 radical (unpaired) electrons. The molecule has 1 aromatic rings. The first kappa shape index (κ1) is 16.9. The lowest BCUT2D eigenvalue weighted by Crippen LogP contribution is -2.48. The van der Waals surface area contributed by atoms with Gasteiger partial charge in [-0.3, -0.25) is 4.90 Å². The van der Waals surface area contributed by atoms with E-state index in [9.17, 15) is 0 Å². The minimum Gasteiger partial charge on any atom is -0.376 e. The smallest absolute Gasteiger partial charge is 0.0674 e. The average molecular weight is 355 g/mol. The number of ether oxygens (including phenoxy) is 1. The molecule has 1 N–H and O–H groups in total. The predicted molar refractivity (Wildman–Crippen MR) is 91.6 cm³/mol. The highest BCUT2D eigenvalue weighted by Gasteiger charge is 2.24. The number of nitrogens with one attached hydrogen (secondary N) is 1. The van der Waals surface area contributed by atoms with Crippen LogP contribution in [0.2, 0.25) is 0 Å². The van der Waals surface area contributed by atoms with Crippen LogP contribution in [0, 0.1) is 0 Å². The third-order valence-corrected chi connectivity index (χ3v) is 4.90. The number of benzene rings is 1. The highest BCUT2D eigenvalue weighted by atomic mass is 79.9. The summed E-state index contributed by atoms with van der Waals surface area (Å²) in [6, 6.07) is 9.44. The summed E-state index contributed by atoms with van der Waals surface area (Å²) in [4.78, 5) is 2.55. The Morgan fingerprint density at radius 1 is 1.38 bits per heavy atom. The summed E-state index contributed by atoms with van der Waals surface area (Å²) in [5.41, 5.74) is 1.35. The summed E-state index contributed by atoms with van der Waals surface area (Å²) in [7, 11) is 0. The molecular formula is C17H27BrN2O. The fourth-order valence-electron chi connectivity index (χ4n) is 2.95. The van der Waals surface area contributed by atoms with Crippen LogP contribution < -0.4 is 5.32 Å². The molecule has 1 saturated heterocycles. The van der Waals surface area contributed by atoms with Crippen LogP contribution in [0.5, 0.6) is 0 Å². The van der Waals surface area contributed by atoms with Crippen molar-refractivity contribution in [2.75, 3.05) is 26.2 Å². The van der Waals surface area contributed by atoms with Crippen molar-refractivity contribution >= 4 is 15.9 Å². The summed E-state index contributed by atoms with van der Waals surface area (Å²) in [5.74, 6) is 0. The van der Waals surface area contributed by atoms with Gasteiger partial charge in [-0.05, 0) is 38.4 Å². The lowest BCUT2D eigenvalue weighted by atomic mass is 10.0. The number of hydrogen-bond acceptors (Lipinski definition) is 3. The summed E-state index contributed by atoms with van der Waals surface area (Å²) in [6.45, 7) is 10.6. The van der Waals surface area contributed by atoms with Gasteiger partial charge in [-0.2, -0.15) is 0 Å². The quantitative estimate of drug-likeness (QED) is 0.844. The van der Waals surface area contributed by atoms with Crippen molar-refractivity contribution in [1.29, 1.82) is 0 Å². The van der Waals surface area contributed by atoms with Gasteiger partial charge in [0.15, 0.2) is 0 Å². The largest absolute Gasteiger partial charge is 0.376 e. The monoisotopic (exact) mass is 354 g/mol. The van der Waals surface area contributed by atoms with Crippen LogP contribution in [0.25, 0.3) is 0 Å². The second-order valence-electron chi connectivity index (χ2n) is 5.91. The van der Waals surface area contributed by atoms with Gasteiger partial charge in [0.2, 0.25) is 0 Å². The van der Waals surface area contributed by atoms with Crippen molar-refractivity contribution in [2.24, 2.45) is 0 Å². The molecule has 1 aliphatic rings. The Morgan fingerprint density at radius 3 is 2.86 bits per heavy atom. The molecule has 3 unspecified atom stereocenters. The lowest BCUT2D eigenvalue weighted by Gasteiger charge is -2.37. The van der Waals surface area contributed by atoms with Crippen molar-refractivity contribution in [3.8, 4) is 0 Å². The lowest BCUT2D eigenvalue weighted by molar-refractivity contribution is -0.0502. The number of nitrogens with zero attached hydrogens (tertiary/aromatic N) is 1. The van der Waals surface area contributed by atoms with Gasteiger partial charge >= 0.3 is 0 Å². The van der Waals surface area contributed by atoms with E-state index in [1.54, 1.807) is 0 Å². The van der Waals surface area contributed by atoms with Gasteiger partial charge in [0.25, 0.3) is 0 Å². The molecule has 118 valence electrons. The standard InChI is InChI=1S/C17H27BrN2O/c1-4-19-17(15-7-5-6-8-16(15)18)9-10-20-11-14(3)21-12-13(20)2/h5-8,13-14,17,19H,4,9-12H2,1-3H3. The molecule has 0 amide bonds. The molecule has 21 heavy (non-hydrogen) atoms. The third-order valence-electron chi connectivity index (χ3n) is 4.17. The van der Waals surface area contributed by atoms with Gasteiger partial charge in [-0.15, -0.1) is 0 Å². The summed E-state index contributed by atoms with van der Waals surface area (Å²) in [5, 5.41) is 3.62. The Morgan fingerprint density at radius 2 is 2.14 bits per heavy atom. The zero-order valence-corrected chi connectivity index (χ0v) is 14.9. The maximum Gasteiger partial charge on any atom is 0.0674 e. The van der Waals surface area contributed by atoms with Gasteiger partial charge in [0, 0.05) is 29.6 Å². The highest BCUT2D eigenvalue weighted by molar-refractivity contribution is 9.10. The van der Waals surface area contributed by atoms with Crippen LogP contribution in [0.4, 0.5) is 0 Å². The molecule has 0 aromatic heterocycles. The number of halogens is 1. The minimum atomic E-state index is 0.349. The maximum absolute atomic E-state index is 5.71. The summed E-state index contributed by atoms with van der Waals surface area (Å²) in [6.07, 6.45) is 1.47. The Hall–Kier alpha value is -0.420. The zero-order chi connectivity index (χ0) is 15.2. The number of hydrogen-bond donors (Lipinski definition) is 1. The second-order valence-corrected chi connectivity index (χ2v) is 6.76. The van der Waals surface area contributed by atoms with E-state index < -0.39 is 0 Å². The molecule has 3 nitrogen and oxygen atoms in total. The van der Waals surface area contributed by atoms with Gasteiger partial charge in [-0.1, -0.05) is 41.1 Å². The first-order chi connectivity index (χ1) is 10.1. The van der Waals surface area contributed by atoms with Crippen molar-refractivity contribution in [3.05, 3.63) is 34.3 Å². The molecule has 1 aromatic carbocycles. The van der Waals surface area contributed by atoms with Crippen LogP contribution >= 0.6 is 15.9 Å². The SMILES string of the molecule is CCNC(CCN1CC(C)OCC1C)c1ccccc1Br. The fourth-order valence-corrected chi connectivity index (χ4v) is 3.51. The van der Waals surface area contributed by atoms with Crippen LogP contribution in [0.15, 0.2) is 28.7 Å². The summed E-state index contributed by atoms with van der Waals surface area (Å²) >= 11 is 3.68. The normalized spacial score (nSPS) is 25.0. The Bertz CT molecular complexity index is 441. The molecule has 2 rings (SSSR count). The molecule has 1 aliphatic heterocycles. The van der Waals surface area contributed by atoms with Crippen LogP contribution in [-0.4, -0.2) is 43.3 Å². The molecule has 1 heterocycles. The molecule has 0 aliphatic carbocycles. The Balaban J connectivity index is 1.98. The van der Waals surface area contributed by atoms with Gasteiger partial charge in [0.05, 0.1) is 12.7 Å². The van der Waals surface area contributed by atoms with Gasteiger partial charge < -0.3 is 10.1 Å². The first-order valence-corrected chi connectivity index (χ1v) is 8.74. The van der Waals surface area contributed by atoms with E-state index in [4.69, 9.17) is 4.74 Å². The van der Waals surface area contributed by atoms with Crippen molar-refractivity contribution in [2.45, 2.75) is 45.4 Å². The predicted octanol–water partition coefficient (Wildman–Crippen LogP) is 3.60. The number of rotatable bonds is 6. The van der Waals surface area contributed by atoms with E-state index in [1.807, 2.05) is 0 Å². The van der Waals surface area contributed by atoms with Crippen molar-refractivity contribution in [1.82, 2.24) is 10.2 Å². The van der Waals surface area contributed by atoms with Gasteiger partial charge in [0.1, 0.15) is 0 Å². The van der Waals surface area contributed by atoms with E-state index >= 15 is 0 Å². The molecular weight excluding hydrogens is 328 g/mol. The van der Waals surface area contributed by atoms with E-state index in [1.165, 1.54) is 10.0 Å². The van der Waals surface area contributed by atoms with E-state index in [0.717, 1.165) is 32.7 Å². The van der Waals surface area contributed by atoms with Crippen molar-refractivity contribution < 1.29 is 4.74 Å². The zero-order valence-electron chi connectivity index (χ0n) is 13.3. The molecule has 0 bridgehead atoms. The molecule has 0 saturated carbocycles. The highest BCUT2D eigenvalue weighted by Crippen LogP contribution is 2.26. The first-order valence-electron chi connectivity index (χ1n) is 7.95. The Kier molecular flexibility index (Phi) is 6.68. The fraction of sp³-hybridized carbons (Fsp3) is 0.647. The third kappa shape index (κ3) is 4.78. The van der Waals surface area contributed by atoms with Crippen LogP contribution in [-0.2, 0) is 4.74 Å². The van der Waals surface area contributed by atoms with Crippen molar-refractivity contribution in [3.63, 3.8) is 0 Å². The maximum atomic E-state index is 5.71. The van der Waals surface area contributed by atoms with E-state index in [0.29, 0.717) is 18.2 Å². The second kappa shape index (κ2) is 8.28. The average Bonchev–Trinajstić information content (AvgIpc) is 2.47. The molecule has 3 atom stereocenters. The molecule has 4 heteroatoms. The summed E-state index contributed by atoms with van der Waals surface area (Å²) < 4.78 is 6.91. The minimum absolute atomic E-state index is 0.349. The van der Waals surface area contributed by atoms with E-state index in [-0.39, 0.29) is 0 Å². The van der Waals surface area contributed by atoms with Gasteiger partial charge in [-0.25, -0.2) is 0 Å². The Labute approximate surface area is 137 Å². The van der Waals surface area contributed by atoms with E-state index in [2.05, 4.69) is 71.2 Å².